The lowest BCUT2D eigenvalue weighted by atomic mass is 9.82. The van der Waals surface area contributed by atoms with E-state index in [1.165, 1.54) is 42.5 Å². The summed E-state index contributed by atoms with van der Waals surface area (Å²) in [5.41, 5.74) is 0.328. The Hall–Kier alpha value is -5.31. The van der Waals surface area contributed by atoms with Gasteiger partial charge in [-0.3, -0.25) is 14.5 Å². The molecule has 1 fully saturated rings. The van der Waals surface area contributed by atoms with Crippen LogP contribution in [0.5, 0.6) is 0 Å². The lowest BCUT2D eigenvalue weighted by Crippen LogP contribution is -2.45. The van der Waals surface area contributed by atoms with Gasteiger partial charge in [-0.2, -0.15) is 0 Å². The van der Waals surface area contributed by atoms with Crippen LogP contribution in [0.4, 0.5) is 25.4 Å². The lowest BCUT2D eigenvalue weighted by Gasteiger charge is -2.28. The molecule has 3 N–H and O–H groups in total. The molecule has 1 saturated heterocycles. The van der Waals surface area contributed by atoms with Gasteiger partial charge < -0.3 is 16.0 Å². The topological polar surface area (TPSA) is 108 Å². The number of amides is 5. The number of benzene rings is 4. The summed E-state index contributed by atoms with van der Waals surface area (Å²) in [7, 11) is 0. The van der Waals surface area contributed by atoms with Gasteiger partial charge in [0.1, 0.15) is 5.82 Å². The highest BCUT2D eigenvalue weighted by atomic mass is 19.1. The van der Waals surface area contributed by atoms with E-state index >= 15 is 0 Å². The molecule has 0 aliphatic carbocycles. The van der Waals surface area contributed by atoms with Crippen LogP contribution in [-0.4, -0.2) is 35.2 Å². The molecule has 4 aromatic rings. The number of nitrogens with one attached hydrogen (secondary N) is 3. The van der Waals surface area contributed by atoms with Crippen molar-refractivity contribution in [2.45, 2.75) is 5.54 Å². The van der Waals surface area contributed by atoms with Crippen LogP contribution in [0.2, 0.25) is 0 Å². The minimum Gasteiger partial charge on any atom is -0.315 e. The van der Waals surface area contributed by atoms with Crippen molar-refractivity contribution in [3.8, 4) is 0 Å². The zero-order chi connectivity index (χ0) is 27.4. The van der Waals surface area contributed by atoms with Gasteiger partial charge in [0.25, 0.3) is 5.91 Å². The number of rotatable bonds is 7. The monoisotopic (exact) mass is 522 g/mol. The number of Topliss-reactive ketones (excluding diaryl/α,β-unsaturated/α-hetero) is 1. The number of ketones is 1. The van der Waals surface area contributed by atoms with Gasteiger partial charge in [0.2, 0.25) is 0 Å². The summed E-state index contributed by atoms with van der Waals surface area (Å²) in [6.45, 7) is -0.466. The third-order valence-electron chi connectivity index (χ3n) is 6.41. The second-order valence-electron chi connectivity index (χ2n) is 8.86. The molecule has 0 saturated carbocycles. The van der Waals surface area contributed by atoms with Crippen molar-refractivity contribution in [1.29, 1.82) is 0 Å². The van der Waals surface area contributed by atoms with E-state index in [1.807, 2.05) is 12.1 Å². The van der Waals surface area contributed by atoms with E-state index in [0.717, 1.165) is 4.90 Å². The summed E-state index contributed by atoms with van der Waals surface area (Å²) < 4.78 is 13.8. The van der Waals surface area contributed by atoms with Gasteiger partial charge in [0.05, 0.1) is 12.2 Å². The van der Waals surface area contributed by atoms with E-state index in [4.69, 9.17) is 0 Å². The number of carbonyl (C=O) groups excluding carboxylic acids is 4. The molecule has 0 bridgehead atoms. The predicted octanol–water partition coefficient (Wildman–Crippen LogP) is 5.15. The van der Waals surface area contributed by atoms with Crippen LogP contribution in [0.3, 0.4) is 0 Å². The Labute approximate surface area is 223 Å². The summed E-state index contributed by atoms with van der Waals surface area (Å²) in [6.07, 6.45) is 0. The molecule has 1 aliphatic heterocycles. The average Bonchev–Trinajstić information content (AvgIpc) is 3.21. The normalized spacial score (nSPS) is 14.0. The molecule has 1 heterocycles. The highest BCUT2D eigenvalue weighted by Gasteiger charge is 2.54. The van der Waals surface area contributed by atoms with Crippen molar-refractivity contribution in [1.82, 2.24) is 10.2 Å². The maximum Gasteiger partial charge on any atom is 0.325 e. The number of carbonyl (C=O) groups is 4. The average molecular weight is 523 g/mol. The molecule has 4 aromatic carbocycles. The summed E-state index contributed by atoms with van der Waals surface area (Å²) in [5.74, 6) is -1.59. The van der Waals surface area contributed by atoms with Crippen LogP contribution in [-0.2, 0) is 10.3 Å². The van der Waals surface area contributed by atoms with E-state index in [9.17, 15) is 23.6 Å². The number of imide groups is 1. The van der Waals surface area contributed by atoms with Crippen molar-refractivity contribution in [3.05, 3.63) is 132 Å². The second kappa shape index (κ2) is 10.6. The lowest BCUT2D eigenvalue weighted by molar-refractivity contribution is -0.129. The fourth-order valence-electron chi connectivity index (χ4n) is 4.48. The van der Waals surface area contributed by atoms with Crippen molar-refractivity contribution in [2.75, 3.05) is 17.2 Å². The summed E-state index contributed by atoms with van der Waals surface area (Å²) >= 11 is 0. The van der Waals surface area contributed by atoms with Crippen LogP contribution in [0.25, 0.3) is 0 Å². The summed E-state index contributed by atoms with van der Waals surface area (Å²) in [5, 5.41) is 7.78. The first-order valence-electron chi connectivity index (χ1n) is 12.1. The van der Waals surface area contributed by atoms with Crippen molar-refractivity contribution >= 4 is 35.1 Å². The quantitative estimate of drug-likeness (QED) is 0.231. The number of anilines is 2. The van der Waals surface area contributed by atoms with E-state index in [-0.39, 0.29) is 11.3 Å². The number of urea groups is 2. The Kier molecular flexibility index (Phi) is 6.88. The molecule has 39 heavy (non-hydrogen) atoms. The van der Waals surface area contributed by atoms with Gasteiger partial charge in [0.15, 0.2) is 11.3 Å². The zero-order valence-electron chi connectivity index (χ0n) is 20.6. The van der Waals surface area contributed by atoms with Crippen LogP contribution < -0.4 is 16.0 Å². The number of halogens is 1. The Balaban J connectivity index is 1.30. The molecule has 0 atom stereocenters. The van der Waals surface area contributed by atoms with Crippen molar-refractivity contribution in [2.24, 2.45) is 0 Å². The Bertz CT molecular complexity index is 1500. The van der Waals surface area contributed by atoms with Gasteiger partial charge in [-0.15, -0.1) is 0 Å². The molecule has 5 rings (SSSR count). The summed E-state index contributed by atoms with van der Waals surface area (Å²) in [4.78, 5) is 53.0. The molecule has 0 aromatic heterocycles. The molecule has 9 heteroatoms. The zero-order valence-corrected chi connectivity index (χ0v) is 20.6. The summed E-state index contributed by atoms with van der Waals surface area (Å²) in [6, 6.07) is 28.1. The molecule has 194 valence electrons. The minimum absolute atomic E-state index is 0.0254. The second-order valence-corrected chi connectivity index (χ2v) is 8.86. The van der Waals surface area contributed by atoms with Crippen LogP contribution >= 0.6 is 0 Å². The van der Waals surface area contributed by atoms with Gasteiger partial charge in [-0.25, -0.2) is 14.0 Å². The molecular formula is C30H23FN4O4. The van der Waals surface area contributed by atoms with E-state index in [1.54, 1.807) is 54.6 Å². The molecule has 0 spiro atoms. The molecule has 5 amide bonds. The number of hydrogen-bond donors (Lipinski definition) is 3. The van der Waals surface area contributed by atoms with E-state index in [0.29, 0.717) is 16.8 Å². The largest absolute Gasteiger partial charge is 0.325 e. The van der Waals surface area contributed by atoms with Gasteiger partial charge >= 0.3 is 12.1 Å². The fourth-order valence-corrected chi connectivity index (χ4v) is 4.48. The van der Waals surface area contributed by atoms with Crippen LogP contribution in [0.1, 0.15) is 21.5 Å². The number of para-hydroxylation sites is 1. The highest BCUT2D eigenvalue weighted by Crippen LogP contribution is 2.36. The molecule has 1 aliphatic rings. The number of hydrogen-bond acceptors (Lipinski definition) is 4. The third kappa shape index (κ3) is 4.97. The minimum atomic E-state index is -1.46. The van der Waals surface area contributed by atoms with E-state index in [2.05, 4.69) is 16.0 Å². The SMILES string of the molecule is O=C(Nc1ccc(C(=O)CN2C(=O)NC(c3ccccc3)(c3ccccc3)C2=O)cc1)Nc1ccccc1F. The Morgan fingerprint density at radius 1 is 0.744 bits per heavy atom. The maximum absolute atomic E-state index is 13.8. The Morgan fingerprint density at radius 3 is 1.90 bits per heavy atom. The molecule has 0 unspecified atom stereocenters. The van der Waals surface area contributed by atoms with E-state index < -0.39 is 41.7 Å². The third-order valence-corrected chi connectivity index (χ3v) is 6.41. The smallest absolute Gasteiger partial charge is 0.315 e. The standard InChI is InChI=1S/C30H23FN4O4/c31-24-13-7-8-14-25(24)33-28(38)32-23-17-15-20(16-18-23)26(36)19-35-27(37)30(34-29(35)39,21-9-3-1-4-10-21)22-11-5-2-6-12-22/h1-18H,19H2,(H,34,39)(H2,32,33,38). The van der Waals surface area contributed by atoms with Crippen LogP contribution in [0, 0.1) is 5.82 Å². The maximum atomic E-state index is 13.8. The number of nitrogens with zero attached hydrogens (tertiary/aromatic N) is 1. The molecule has 0 radical (unpaired) electrons. The van der Waals surface area contributed by atoms with Crippen molar-refractivity contribution < 1.29 is 23.6 Å². The molecule has 8 nitrogen and oxygen atoms in total. The van der Waals surface area contributed by atoms with Crippen molar-refractivity contribution in [3.63, 3.8) is 0 Å². The highest BCUT2D eigenvalue weighted by molar-refractivity contribution is 6.13. The Morgan fingerprint density at radius 2 is 1.31 bits per heavy atom. The first kappa shape index (κ1) is 25.3. The van der Waals surface area contributed by atoms with Gasteiger partial charge in [-0.1, -0.05) is 72.8 Å². The van der Waals surface area contributed by atoms with Gasteiger partial charge in [-0.05, 0) is 47.5 Å². The van der Waals surface area contributed by atoms with Crippen LogP contribution in [0.15, 0.2) is 109 Å². The first-order valence-corrected chi connectivity index (χ1v) is 12.1. The fraction of sp³-hybridized carbons (Fsp3) is 0.0667. The molecular weight excluding hydrogens is 499 g/mol. The predicted molar refractivity (Wildman–Crippen MR) is 144 cm³/mol. The van der Waals surface area contributed by atoms with Gasteiger partial charge in [0, 0.05) is 11.3 Å². The first-order chi connectivity index (χ1) is 18.9.